The molecule has 1 fully saturated rings. The summed E-state index contributed by atoms with van der Waals surface area (Å²) >= 11 is 1.97. The zero-order valence-electron chi connectivity index (χ0n) is 10.8. The van der Waals surface area contributed by atoms with Gasteiger partial charge in [-0.1, -0.05) is 6.92 Å². The van der Waals surface area contributed by atoms with Crippen LogP contribution in [0, 0.1) is 0 Å². The third-order valence-electron chi connectivity index (χ3n) is 3.08. The minimum atomic E-state index is -0.0594. The van der Waals surface area contributed by atoms with E-state index in [-0.39, 0.29) is 5.91 Å². The fourth-order valence-corrected chi connectivity index (χ4v) is 3.19. The normalized spacial score (nSPS) is 19.7. The van der Waals surface area contributed by atoms with E-state index >= 15 is 0 Å². The number of carbonyl (C=O) groups is 1. The van der Waals surface area contributed by atoms with Gasteiger partial charge in [0.25, 0.3) is 5.91 Å². The Morgan fingerprint density at radius 1 is 1.56 bits per heavy atom. The van der Waals surface area contributed by atoms with Gasteiger partial charge < -0.3 is 16.0 Å². The van der Waals surface area contributed by atoms with Crippen LogP contribution in [-0.2, 0) is 0 Å². The second-order valence-corrected chi connectivity index (χ2v) is 6.03. The Kier molecular flexibility index (Phi) is 4.01. The van der Waals surface area contributed by atoms with Gasteiger partial charge in [0.15, 0.2) is 0 Å². The van der Waals surface area contributed by atoms with E-state index in [1.54, 1.807) is 19.2 Å². The van der Waals surface area contributed by atoms with Crippen LogP contribution in [0.2, 0.25) is 0 Å². The van der Waals surface area contributed by atoms with Crippen molar-refractivity contribution >= 4 is 29.0 Å². The highest BCUT2D eigenvalue weighted by Crippen LogP contribution is 2.28. The van der Waals surface area contributed by atoms with Crippen molar-refractivity contribution in [2.24, 2.45) is 0 Å². The van der Waals surface area contributed by atoms with Crippen molar-refractivity contribution in [3.05, 3.63) is 23.8 Å². The van der Waals surface area contributed by atoms with E-state index in [2.05, 4.69) is 17.1 Å². The molecule has 0 aliphatic carbocycles. The molecule has 98 valence electrons. The molecular weight excluding hydrogens is 246 g/mol. The van der Waals surface area contributed by atoms with Crippen LogP contribution >= 0.6 is 11.8 Å². The molecule has 1 unspecified atom stereocenters. The number of hydrogen-bond acceptors (Lipinski definition) is 4. The zero-order chi connectivity index (χ0) is 13.1. The molecule has 1 aromatic rings. The Labute approximate surface area is 112 Å². The summed E-state index contributed by atoms with van der Waals surface area (Å²) in [4.78, 5) is 14.1. The lowest BCUT2D eigenvalue weighted by molar-refractivity contribution is 0.0963. The summed E-state index contributed by atoms with van der Waals surface area (Å²) in [5.74, 6) is 1.03. The van der Waals surface area contributed by atoms with E-state index in [9.17, 15) is 4.79 Å². The molecule has 1 aliphatic heterocycles. The summed E-state index contributed by atoms with van der Waals surface area (Å²) in [5, 5.41) is 3.26. The zero-order valence-corrected chi connectivity index (χ0v) is 11.6. The lowest BCUT2D eigenvalue weighted by atomic mass is 10.1. The van der Waals surface area contributed by atoms with Crippen LogP contribution in [0.15, 0.2) is 18.2 Å². The maximum Gasteiger partial charge on any atom is 0.253 e. The molecule has 18 heavy (non-hydrogen) atoms. The summed E-state index contributed by atoms with van der Waals surface area (Å²) in [6.07, 6.45) is 0. The summed E-state index contributed by atoms with van der Waals surface area (Å²) in [7, 11) is 1.65. The van der Waals surface area contributed by atoms with Crippen LogP contribution in [0.5, 0.6) is 0 Å². The second kappa shape index (κ2) is 5.52. The smallest absolute Gasteiger partial charge is 0.253 e. The predicted octanol–water partition coefficient (Wildman–Crippen LogP) is 1.57. The van der Waals surface area contributed by atoms with Crippen molar-refractivity contribution in [1.82, 2.24) is 5.32 Å². The highest BCUT2D eigenvalue weighted by Gasteiger charge is 2.21. The number of nitrogen functional groups attached to an aromatic ring is 1. The summed E-state index contributed by atoms with van der Waals surface area (Å²) < 4.78 is 0. The molecule has 1 aliphatic rings. The van der Waals surface area contributed by atoms with Crippen LogP contribution in [0.1, 0.15) is 17.3 Å². The first-order valence-corrected chi connectivity index (χ1v) is 7.15. The van der Waals surface area contributed by atoms with Gasteiger partial charge in [-0.15, -0.1) is 0 Å². The van der Waals surface area contributed by atoms with Crippen LogP contribution in [0.4, 0.5) is 11.4 Å². The average molecular weight is 265 g/mol. The Morgan fingerprint density at radius 2 is 2.33 bits per heavy atom. The Bertz CT molecular complexity index is 450. The second-order valence-electron chi connectivity index (χ2n) is 4.48. The molecule has 0 spiro atoms. The lowest BCUT2D eigenvalue weighted by Gasteiger charge is -2.33. The van der Waals surface area contributed by atoms with Crippen molar-refractivity contribution < 1.29 is 4.79 Å². The maximum absolute atomic E-state index is 11.9. The fraction of sp³-hybridized carbons (Fsp3) is 0.462. The highest BCUT2D eigenvalue weighted by atomic mass is 32.2. The van der Waals surface area contributed by atoms with E-state index < -0.39 is 0 Å². The molecule has 1 heterocycles. The van der Waals surface area contributed by atoms with Gasteiger partial charge >= 0.3 is 0 Å². The van der Waals surface area contributed by atoms with Crippen molar-refractivity contribution in [3.63, 3.8) is 0 Å². The maximum atomic E-state index is 11.9. The molecule has 0 aromatic heterocycles. The molecule has 1 atom stereocenters. The monoisotopic (exact) mass is 265 g/mol. The van der Waals surface area contributed by atoms with Gasteiger partial charge in [0, 0.05) is 36.8 Å². The Hall–Kier alpha value is -1.36. The number of nitrogens with two attached hydrogens (primary N) is 1. The van der Waals surface area contributed by atoms with Crippen LogP contribution in [0.3, 0.4) is 0 Å². The molecule has 5 heteroatoms. The van der Waals surface area contributed by atoms with Gasteiger partial charge in [0.2, 0.25) is 0 Å². The fourth-order valence-electron chi connectivity index (χ4n) is 2.17. The minimum Gasteiger partial charge on any atom is -0.399 e. The van der Waals surface area contributed by atoms with E-state index in [1.807, 2.05) is 17.8 Å². The third kappa shape index (κ3) is 2.72. The van der Waals surface area contributed by atoms with Gasteiger partial charge in [-0.05, 0) is 18.2 Å². The van der Waals surface area contributed by atoms with E-state index in [1.165, 1.54) is 0 Å². The quantitative estimate of drug-likeness (QED) is 0.797. The SMILES string of the molecule is CNC(=O)c1ccc(N)cc1N1CCSC(C)C1. The van der Waals surface area contributed by atoms with Gasteiger partial charge in [-0.3, -0.25) is 4.79 Å². The van der Waals surface area contributed by atoms with E-state index in [4.69, 9.17) is 5.73 Å². The molecule has 0 saturated carbocycles. The van der Waals surface area contributed by atoms with Gasteiger partial charge in [0.05, 0.1) is 11.3 Å². The standard InChI is InChI=1S/C13H19N3OS/c1-9-8-16(5-6-18-9)12-7-10(14)3-4-11(12)13(17)15-2/h3-4,7,9H,5-6,8,14H2,1-2H3,(H,15,17). The van der Waals surface area contributed by atoms with Crippen molar-refractivity contribution in [2.45, 2.75) is 12.2 Å². The molecule has 0 radical (unpaired) electrons. The molecule has 3 N–H and O–H groups in total. The van der Waals surface area contributed by atoms with Crippen LogP contribution in [0.25, 0.3) is 0 Å². The first-order chi connectivity index (χ1) is 8.61. The molecule has 1 amide bonds. The number of rotatable bonds is 2. The highest BCUT2D eigenvalue weighted by molar-refractivity contribution is 8.00. The Balaban J connectivity index is 2.35. The van der Waals surface area contributed by atoms with E-state index in [0.717, 1.165) is 24.5 Å². The van der Waals surface area contributed by atoms with Crippen LogP contribution < -0.4 is 16.0 Å². The average Bonchev–Trinajstić information content (AvgIpc) is 2.38. The predicted molar refractivity (Wildman–Crippen MR) is 78.4 cm³/mol. The van der Waals surface area contributed by atoms with Crippen molar-refractivity contribution in [1.29, 1.82) is 0 Å². The first kappa shape index (κ1) is 13.1. The van der Waals surface area contributed by atoms with Gasteiger partial charge in [0.1, 0.15) is 0 Å². The number of amides is 1. The topological polar surface area (TPSA) is 58.4 Å². The number of carbonyl (C=O) groups excluding carboxylic acids is 1. The van der Waals surface area contributed by atoms with Gasteiger partial charge in [-0.2, -0.15) is 11.8 Å². The minimum absolute atomic E-state index is 0.0594. The molecule has 1 saturated heterocycles. The molecular formula is C13H19N3OS. The number of nitrogens with zero attached hydrogens (tertiary/aromatic N) is 1. The number of thioether (sulfide) groups is 1. The van der Waals surface area contributed by atoms with E-state index in [0.29, 0.717) is 16.5 Å². The largest absolute Gasteiger partial charge is 0.399 e. The number of benzene rings is 1. The number of anilines is 2. The summed E-state index contributed by atoms with van der Waals surface area (Å²) in [6.45, 7) is 4.13. The van der Waals surface area contributed by atoms with Crippen molar-refractivity contribution in [3.8, 4) is 0 Å². The first-order valence-electron chi connectivity index (χ1n) is 6.10. The molecule has 2 rings (SSSR count). The third-order valence-corrected chi connectivity index (χ3v) is 4.21. The molecule has 1 aromatic carbocycles. The number of hydrogen-bond donors (Lipinski definition) is 2. The van der Waals surface area contributed by atoms with Crippen molar-refractivity contribution in [2.75, 3.05) is 36.5 Å². The molecule has 4 nitrogen and oxygen atoms in total. The Morgan fingerprint density at radius 3 is 3.00 bits per heavy atom. The lowest BCUT2D eigenvalue weighted by Crippen LogP contribution is -2.38. The summed E-state index contributed by atoms with van der Waals surface area (Å²) in [5.41, 5.74) is 8.19. The van der Waals surface area contributed by atoms with Crippen LogP contribution in [-0.4, -0.2) is 37.0 Å². The van der Waals surface area contributed by atoms with Gasteiger partial charge in [-0.25, -0.2) is 0 Å². The number of nitrogens with one attached hydrogen (secondary N) is 1. The summed E-state index contributed by atoms with van der Waals surface area (Å²) in [6, 6.07) is 5.47. The molecule has 0 bridgehead atoms.